The number of thioether (sulfide) groups is 1. The second kappa shape index (κ2) is 5.40. The van der Waals surface area contributed by atoms with Gasteiger partial charge >= 0.3 is 0 Å². The Morgan fingerprint density at radius 2 is 2.12 bits per heavy atom. The first kappa shape index (κ1) is 12.9. The fourth-order valence-electron chi connectivity index (χ4n) is 1.96. The van der Waals surface area contributed by atoms with Crippen LogP contribution in [0.1, 0.15) is 45.4 Å². The van der Waals surface area contributed by atoms with Gasteiger partial charge in [-0.2, -0.15) is 0 Å². The Morgan fingerprint density at radius 3 is 2.88 bits per heavy atom. The minimum Gasteiger partial charge on any atom is -0.390 e. The van der Waals surface area contributed by atoms with Crippen molar-refractivity contribution in [3.63, 3.8) is 0 Å². The average molecular weight is 255 g/mol. The Bertz CT molecular complexity index is 370. The summed E-state index contributed by atoms with van der Waals surface area (Å²) in [6.45, 7) is 4.74. The van der Waals surface area contributed by atoms with E-state index in [0.717, 1.165) is 36.1 Å². The van der Waals surface area contributed by atoms with Gasteiger partial charge in [-0.15, -0.1) is 10.2 Å². The lowest BCUT2D eigenvalue weighted by molar-refractivity contribution is 0.0777. The van der Waals surface area contributed by atoms with Gasteiger partial charge in [0.1, 0.15) is 5.82 Å². The zero-order valence-electron chi connectivity index (χ0n) is 10.6. The third-order valence-corrected chi connectivity index (χ3v) is 3.99. The van der Waals surface area contributed by atoms with E-state index in [0.29, 0.717) is 0 Å². The van der Waals surface area contributed by atoms with Crippen LogP contribution in [0.4, 0.5) is 0 Å². The standard InChI is InChI=1S/C12H21N3OS/c1-12(2,16)7-9-17-11-14-13-10-6-4-3-5-8-15(10)11/h16H,3-9H2,1-2H3. The first-order valence-corrected chi connectivity index (χ1v) is 7.32. The van der Waals surface area contributed by atoms with Gasteiger partial charge in [0.25, 0.3) is 0 Å². The zero-order chi connectivity index (χ0) is 12.3. The van der Waals surface area contributed by atoms with Crippen molar-refractivity contribution in [2.45, 2.75) is 63.3 Å². The molecule has 0 radical (unpaired) electrons. The Labute approximate surface area is 107 Å². The number of aromatic nitrogens is 3. The van der Waals surface area contributed by atoms with Crippen LogP contribution in [0.15, 0.2) is 5.16 Å². The van der Waals surface area contributed by atoms with Gasteiger partial charge in [0.15, 0.2) is 5.16 Å². The summed E-state index contributed by atoms with van der Waals surface area (Å²) < 4.78 is 2.25. The van der Waals surface area contributed by atoms with E-state index >= 15 is 0 Å². The monoisotopic (exact) mass is 255 g/mol. The van der Waals surface area contributed by atoms with Crippen LogP contribution in [0.25, 0.3) is 0 Å². The summed E-state index contributed by atoms with van der Waals surface area (Å²) in [5.74, 6) is 2.02. The molecule has 1 aromatic heterocycles. The summed E-state index contributed by atoms with van der Waals surface area (Å²) in [4.78, 5) is 0. The number of hydrogen-bond acceptors (Lipinski definition) is 4. The van der Waals surface area contributed by atoms with E-state index < -0.39 is 5.60 Å². The highest BCUT2D eigenvalue weighted by Gasteiger charge is 2.17. The molecule has 17 heavy (non-hydrogen) atoms. The molecule has 4 nitrogen and oxygen atoms in total. The van der Waals surface area contributed by atoms with E-state index in [1.54, 1.807) is 11.8 Å². The molecule has 0 saturated carbocycles. The number of aliphatic hydroxyl groups is 1. The fraction of sp³-hybridized carbons (Fsp3) is 0.833. The van der Waals surface area contributed by atoms with E-state index in [1.165, 1.54) is 19.3 Å². The van der Waals surface area contributed by atoms with Gasteiger partial charge in [0.2, 0.25) is 0 Å². The van der Waals surface area contributed by atoms with Gasteiger partial charge in [0.05, 0.1) is 5.60 Å². The number of rotatable bonds is 4. The molecule has 1 N–H and O–H groups in total. The van der Waals surface area contributed by atoms with Gasteiger partial charge < -0.3 is 9.67 Å². The van der Waals surface area contributed by atoms with Crippen LogP contribution in [-0.4, -0.2) is 31.2 Å². The first-order valence-electron chi connectivity index (χ1n) is 6.33. The molecule has 96 valence electrons. The normalized spacial score (nSPS) is 16.6. The van der Waals surface area contributed by atoms with Gasteiger partial charge in [-0.25, -0.2) is 0 Å². The summed E-state index contributed by atoms with van der Waals surface area (Å²) in [6.07, 6.45) is 5.58. The van der Waals surface area contributed by atoms with E-state index in [1.807, 2.05) is 13.8 Å². The SMILES string of the molecule is CC(C)(O)CCSc1nnc2n1CCCCC2. The van der Waals surface area contributed by atoms with Crippen molar-refractivity contribution in [1.29, 1.82) is 0 Å². The van der Waals surface area contributed by atoms with E-state index in [9.17, 15) is 5.11 Å². The zero-order valence-corrected chi connectivity index (χ0v) is 11.5. The fourth-order valence-corrected chi connectivity index (χ4v) is 3.19. The third-order valence-electron chi connectivity index (χ3n) is 3.02. The van der Waals surface area contributed by atoms with Crippen molar-refractivity contribution in [2.24, 2.45) is 0 Å². The summed E-state index contributed by atoms with van der Waals surface area (Å²) in [5, 5.41) is 19.2. The number of nitrogens with zero attached hydrogens (tertiary/aromatic N) is 3. The molecule has 1 aromatic rings. The van der Waals surface area contributed by atoms with Crippen molar-refractivity contribution in [3.8, 4) is 0 Å². The van der Waals surface area contributed by atoms with Crippen LogP contribution in [0.5, 0.6) is 0 Å². The molecule has 2 rings (SSSR count). The average Bonchev–Trinajstić information content (AvgIpc) is 2.47. The smallest absolute Gasteiger partial charge is 0.191 e. The van der Waals surface area contributed by atoms with Crippen LogP contribution in [0, 0.1) is 0 Å². The van der Waals surface area contributed by atoms with Crippen molar-refractivity contribution < 1.29 is 5.11 Å². The highest BCUT2D eigenvalue weighted by Crippen LogP contribution is 2.23. The minimum atomic E-state index is -0.589. The molecule has 0 amide bonds. The van der Waals surface area contributed by atoms with Crippen molar-refractivity contribution in [2.75, 3.05) is 5.75 Å². The van der Waals surface area contributed by atoms with E-state index in [4.69, 9.17) is 0 Å². The van der Waals surface area contributed by atoms with E-state index in [-0.39, 0.29) is 0 Å². The Morgan fingerprint density at radius 1 is 1.29 bits per heavy atom. The molecule has 1 aliphatic rings. The highest BCUT2D eigenvalue weighted by atomic mass is 32.2. The Balaban J connectivity index is 1.95. The maximum Gasteiger partial charge on any atom is 0.191 e. The lowest BCUT2D eigenvalue weighted by Crippen LogP contribution is -2.19. The number of fused-ring (bicyclic) bond motifs is 1. The summed E-state index contributed by atoms with van der Waals surface area (Å²) >= 11 is 1.71. The Kier molecular flexibility index (Phi) is 4.09. The molecule has 0 atom stereocenters. The summed E-state index contributed by atoms with van der Waals surface area (Å²) in [6, 6.07) is 0. The van der Waals surface area contributed by atoms with Crippen molar-refractivity contribution >= 4 is 11.8 Å². The van der Waals surface area contributed by atoms with Crippen LogP contribution in [0.3, 0.4) is 0 Å². The number of aryl methyl sites for hydroxylation is 1. The molecule has 0 aliphatic carbocycles. The summed E-state index contributed by atoms with van der Waals surface area (Å²) in [7, 11) is 0. The molecule has 0 spiro atoms. The predicted octanol–water partition coefficient (Wildman–Crippen LogP) is 2.26. The lowest BCUT2D eigenvalue weighted by atomic mass is 10.1. The van der Waals surface area contributed by atoms with Crippen LogP contribution in [0.2, 0.25) is 0 Å². The van der Waals surface area contributed by atoms with Gasteiger partial charge in [-0.05, 0) is 33.1 Å². The quantitative estimate of drug-likeness (QED) is 0.838. The largest absolute Gasteiger partial charge is 0.390 e. The topological polar surface area (TPSA) is 50.9 Å². The first-order chi connectivity index (χ1) is 8.06. The van der Waals surface area contributed by atoms with Gasteiger partial charge in [-0.3, -0.25) is 0 Å². The van der Waals surface area contributed by atoms with E-state index in [2.05, 4.69) is 14.8 Å². The molecule has 0 bridgehead atoms. The molecular formula is C12H21N3OS. The maximum atomic E-state index is 9.67. The van der Waals surface area contributed by atoms with Gasteiger partial charge in [0, 0.05) is 18.7 Å². The molecule has 0 fully saturated rings. The third kappa shape index (κ3) is 3.71. The molecule has 0 saturated heterocycles. The number of hydrogen-bond donors (Lipinski definition) is 1. The molecule has 2 heterocycles. The van der Waals surface area contributed by atoms with Crippen LogP contribution >= 0.6 is 11.8 Å². The second-order valence-electron chi connectivity index (χ2n) is 5.27. The van der Waals surface area contributed by atoms with Gasteiger partial charge in [-0.1, -0.05) is 18.2 Å². The van der Waals surface area contributed by atoms with Crippen molar-refractivity contribution in [3.05, 3.63) is 5.82 Å². The summed E-state index contributed by atoms with van der Waals surface area (Å²) in [5.41, 5.74) is -0.589. The molecule has 0 aromatic carbocycles. The second-order valence-corrected chi connectivity index (χ2v) is 6.33. The molecular weight excluding hydrogens is 234 g/mol. The molecule has 1 aliphatic heterocycles. The van der Waals surface area contributed by atoms with Crippen LogP contribution < -0.4 is 0 Å². The predicted molar refractivity (Wildman–Crippen MR) is 69.2 cm³/mol. The lowest BCUT2D eigenvalue weighted by Gasteiger charge is -2.16. The van der Waals surface area contributed by atoms with Crippen LogP contribution in [-0.2, 0) is 13.0 Å². The van der Waals surface area contributed by atoms with Crippen molar-refractivity contribution in [1.82, 2.24) is 14.8 Å². The molecule has 0 unspecified atom stereocenters. The maximum absolute atomic E-state index is 9.67. The molecule has 5 heteroatoms. The highest BCUT2D eigenvalue weighted by molar-refractivity contribution is 7.99. The minimum absolute atomic E-state index is 0.589. The Hall–Kier alpha value is -0.550.